The van der Waals surface area contributed by atoms with Crippen LogP contribution in [-0.2, 0) is 6.42 Å². The van der Waals surface area contributed by atoms with Crippen LogP contribution < -0.4 is 5.32 Å². The van der Waals surface area contributed by atoms with Gasteiger partial charge in [0.1, 0.15) is 0 Å². The van der Waals surface area contributed by atoms with Gasteiger partial charge in [-0.3, -0.25) is 0 Å². The Morgan fingerprint density at radius 3 is 2.76 bits per heavy atom. The van der Waals surface area contributed by atoms with Crippen molar-refractivity contribution in [2.45, 2.75) is 39.2 Å². The van der Waals surface area contributed by atoms with Crippen LogP contribution in [0.5, 0.6) is 0 Å². The lowest BCUT2D eigenvalue weighted by Crippen LogP contribution is -2.34. The quantitative estimate of drug-likeness (QED) is 0.821. The van der Waals surface area contributed by atoms with E-state index in [2.05, 4.69) is 54.9 Å². The van der Waals surface area contributed by atoms with Crippen molar-refractivity contribution >= 4 is 11.3 Å². The number of rotatable bonds is 7. The Morgan fingerprint density at radius 2 is 2.10 bits per heavy atom. The first-order valence-electron chi connectivity index (χ1n) is 8.01. The van der Waals surface area contributed by atoms with Gasteiger partial charge in [0.05, 0.1) is 10.7 Å². The highest BCUT2D eigenvalue weighted by atomic mass is 32.1. The first-order valence-corrected chi connectivity index (χ1v) is 8.89. The number of benzene rings is 1. The van der Waals surface area contributed by atoms with Crippen molar-refractivity contribution in [3.63, 3.8) is 0 Å². The Bertz CT molecular complexity index is 564. The second-order valence-corrected chi connectivity index (χ2v) is 7.08. The van der Waals surface area contributed by atoms with Crippen molar-refractivity contribution in [3.8, 4) is 11.3 Å². The molecule has 0 saturated heterocycles. The van der Waals surface area contributed by atoms with E-state index in [-0.39, 0.29) is 0 Å². The van der Waals surface area contributed by atoms with Gasteiger partial charge in [0.25, 0.3) is 0 Å². The van der Waals surface area contributed by atoms with Crippen LogP contribution in [0.15, 0.2) is 35.7 Å². The number of thiazole rings is 1. The summed E-state index contributed by atoms with van der Waals surface area (Å²) in [4.78, 5) is 4.84. The monoisotopic (exact) mass is 300 g/mol. The molecule has 1 heterocycles. The van der Waals surface area contributed by atoms with Crippen LogP contribution in [0, 0.1) is 11.8 Å². The molecule has 1 aromatic heterocycles. The average Bonchev–Trinajstić information content (AvgIpc) is 3.06. The Labute approximate surface area is 131 Å². The van der Waals surface area contributed by atoms with Crippen molar-refractivity contribution < 1.29 is 0 Å². The number of hydrogen-bond acceptors (Lipinski definition) is 3. The summed E-state index contributed by atoms with van der Waals surface area (Å²) in [6, 6.07) is 11.1. The first-order chi connectivity index (χ1) is 10.3. The highest BCUT2D eigenvalue weighted by molar-refractivity contribution is 7.09. The van der Waals surface area contributed by atoms with Gasteiger partial charge in [0, 0.05) is 23.4 Å². The van der Waals surface area contributed by atoms with Crippen LogP contribution in [0.25, 0.3) is 11.3 Å². The van der Waals surface area contributed by atoms with Gasteiger partial charge in [-0.2, -0.15) is 0 Å². The minimum atomic E-state index is 0.606. The van der Waals surface area contributed by atoms with E-state index < -0.39 is 0 Å². The van der Waals surface area contributed by atoms with Crippen LogP contribution in [0.2, 0.25) is 0 Å². The lowest BCUT2D eigenvalue weighted by molar-refractivity contribution is 0.443. The summed E-state index contributed by atoms with van der Waals surface area (Å²) in [5, 5.41) is 7.18. The third-order valence-electron chi connectivity index (χ3n) is 4.36. The summed E-state index contributed by atoms with van der Waals surface area (Å²) >= 11 is 1.80. The summed E-state index contributed by atoms with van der Waals surface area (Å²) in [6.45, 7) is 5.71. The molecule has 3 atom stereocenters. The normalized spacial score (nSPS) is 22.2. The molecular formula is C18H24N2S. The summed E-state index contributed by atoms with van der Waals surface area (Å²) in [7, 11) is 0. The van der Waals surface area contributed by atoms with Gasteiger partial charge in [-0.1, -0.05) is 44.2 Å². The zero-order valence-corrected chi connectivity index (χ0v) is 13.7. The molecule has 21 heavy (non-hydrogen) atoms. The molecule has 3 heteroatoms. The topological polar surface area (TPSA) is 24.9 Å². The van der Waals surface area contributed by atoms with Gasteiger partial charge < -0.3 is 5.32 Å². The minimum absolute atomic E-state index is 0.606. The molecule has 1 N–H and O–H groups in total. The summed E-state index contributed by atoms with van der Waals surface area (Å²) < 4.78 is 0. The van der Waals surface area contributed by atoms with E-state index in [9.17, 15) is 0 Å². The Morgan fingerprint density at radius 1 is 1.33 bits per heavy atom. The highest BCUT2D eigenvalue weighted by Gasteiger charge is 2.39. The first kappa shape index (κ1) is 14.7. The molecule has 0 amide bonds. The van der Waals surface area contributed by atoms with Crippen molar-refractivity contribution in [3.05, 3.63) is 40.7 Å². The van der Waals surface area contributed by atoms with Crippen molar-refractivity contribution in [2.75, 3.05) is 6.54 Å². The highest BCUT2D eigenvalue weighted by Crippen LogP contribution is 2.41. The standard InChI is InChI=1S/C18H24N2S/c1-3-9-19-16(15-10-13(15)2)11-18-20-17(12-21-18)14-7-5-4-6-8-14/h4-8,12-13,15-16,19H,3,9-11H2,1-2H3. The predicted molar refractivity (Wildman–Crippen MR) is 90.6 cm³/mol. The second kappa shape index (κ2) is 6.71. The molecular weight excluding hydrogens is 276 g/mol. The molecule has 0 aliphatic heterocycles. The third-order valence-corrected chi connectivity index (χ3v) is 5.23. The van der Waals surface area contributed by atoms with E-state index in [4.69, 9.17) is 4.98 Å². The SMILES string of the molecule is CCCNC(Cc1nc(-c2ccccc2)cs1)C1CC1C. The fraction of sp³-hybridized carbons (Fsp3) is 0.500. The van der Waals surface area contributed by atoms with E-state index in [0.717, 1.165) is 30.5 Å². The van der Waals surface area contributed by atoms with Crippen molar-refractivity contribution in [2.24, 2.45) is 11.8 Å². The molecule has 0 radical (unpaired) electrons. The van der Waals surface area contributed by atoms with Crippen LogP contribution in [-0.4, -0.2) is 17.6 Å². The number of hydrogen-bond donors (Lipinski definition) is 1. The maximum atomic E-state index is 4.84. The Hall–Kier alpha value is -1.19. The van der Waals surface area contributed by atoms with Gasteiger partial charge in [-0.05, 0) is 31.2 Å². The van der Waals surface area contributed by atoms with Crippen LogP contribution in [0.3, 0.4) is 0 Å². The van der Waals surface area contributed by atoms with Crippen molar-refractivity contribution in [1.82, 2.24) is 10.3 Å². The van der Waals surface area contributed by atoms with E-state index in [0.29, 0.717) is 6.04 Å². The van der Waals surface area contributed by atoms with E-state index in [1.807, 2.05) is 0 Å². The number of nitrogens with zero attached hydrogens (tertiary/aromatic N) is 1. The van der Waals surface area contributed by atoms with Gasteiger partial charge in [-0.25, -0.2) is 4.98 Å². The lowest BCUT2D eigenvalue weighted by Gasteiger charge is -2.17. The molecule has 3 rings (SSSR count). The Kier molecular flexibility index (Phi) is 4.71. The smallest absolute Gasteiger partial charge is 0.0948 e. The van der Waals surface area contributed by atoms with Gasteiger partial charge in [0.2, 0.25) is 0 Å². The van der Waals surface area contributed by atoms with Crippen LogP contribution in [0.4, 0.5) is 0 Å². The molecule has 1 aliphatic carbocycles. The summed E-state index contributed by atoms with van der Waals surface area (Å²) in [6.07, 6.45) is 3.65. The average molecular weight is 300 g/mol. The van der Waals surface area contributed by atoms with E-state index in [1.54, 1.807) is 11.3 Å². The maximum Gasteiger partial charge on any atom is 0.0948 e. The van der Waals surface area contributed by atoms with Gasteiger partial charge in [0.15, 0.2) is 0 Å². The van der Waals surface area contributed by atoms with E-state index >= 15 is 0 Å². The Balaban J connectivity index is 1.67. The number of nitrogens with one attached hydrogen (secondary N) is 1. The molecule has 0 bridgehead atoms. The maximum absolute atomic E-state index is 4.84. The third kappa shape index (κ3) is 3.72. The molecule has 1 aromatic carbocycles. The van der Waals surface area contributed by atoms with E-state index in [1.165, 1.54) is 23.4 Å². The fourth-order valence-corrected chi connectivity index (χ4v) is 3.81. The predicted octanol–water partition coefficient (Wildman–Crippen LogP) is 4.38. The molecule has 0 spiro atoms. The summed E-state index contributed by atoms with van der Waals surface area (Å²) in [5.74, 6) is 1.73. The minimum Gasteiger partial charge on any atom is -0.313 e. The molecule has 2 aromatic rings. The zero-order valence-electron chi connectivity index (χ0n) is 12.9. The van der Waals surface area contributed by atoms with Crippen molar-refractivity contribution in [1.29, 1.82) is 0 Å². The lowest BCUT2D eigenvalue weighted by atomic mass is 10.1. The second-order valence-electron chi connectivity index (χ2n) is 6.13. The fourth-order valence-electron chi connectivity index (χ4n) is 2.95. The van der Waals surface area contributed by atoms with Gasteiger partial charge in [-0.15, -0.1) is 11.3 Å². The van der Waals surface area contributed by atoms with Gasteiger partial charge >= 0.3 is 0 Å². The summed E-state index contributed by atoms with van der Waals surface area (Å²) in [5.41, 5.74) is 2.34. The molecule has 1 aliphatic rings. The molecule has 3 unspecified atom stereocenters. The number of aromatic nitrogens is 1. The van der Waals surface area contributed by atoms with Crippen LogP contribution in [0.1, 0.15) is 31.7 Å². The molecule has 112 valence electrons. The largest absolute Gasteiger partial charge is 0.313 e. The molecule has 1 saturated carbocycles. The molecule has 1 fully saturated rings. The zero-order chi connectivity index (χ0) is 14.7. The molecule has 2 nitrogen and oxygen atoms in total. The van der Waals surface area contributed by atoms with Crippen LogP contribution >= 0.6 is 11.3 Å².